The van der Waals surface area contributed by atoms with Crippen LogP contribution in [-0.2, 0) is 6.18 Å². The van der Waals surface area contributed by atoms with Crippen molar-refractivity contribution in [3.8, 4) is 10.6 Å². The van der Waals surface area contributed by atoms with Crippen molar-refractivity contribution < 1.29 is 18.0 Å². The first kappa shape index (κ1) is 16.1. The van der Waals surface area contributed by atoms with E-state index in [1.54, 1.807) is 36.4 Å². The van der Waals surface area contributed by atoms with E-state index in [4.69, 9.17) is 0 Å². The number of hydrogen-bond donors (Lipinski definition) is 1. The van der Waals surface area contributed by atoms with E-state index in [0.717, 1.165) is 0 Å². The number of nitrogens with one attached hydrogen (secondary N) is 1. The molecule has 1 aromatic carbocycles. The smallest absolute Gasteiger partial charge is 0.320 e. The van der Waals surface area contributed by atoms with E-state index in [9.17, 15) is 18.0 Å². The van der Waals surface area contributed by atoms with Gasteiger partial charge in [0.1, 0.15) is 9.88 Å². The van der Waals surface area contributed by atoms with Gasteiger partial charge in [-0.05, 0) is 12.1 Å². The first-order valence-corrected chi connectivity index (χ1v) is 7.61. The summed E-state index contributed by atoms with van der Waals surface area (Å²) in [7, 11) is 0. The number of alkyl halides is 3. The summed E-state index contributed by atoms with van der Waals surface area (Å²) in [5.74, 6) is -0.866. The molecule has 0 aliphatic heterocycles. The highest BCUT2D eigenvalue weighted by Gasteiger charge is 2.39. The SMILES string of the molecule is O=C(Nc1cccnc1)c1sc(-c2ccccc2)nc1C(F)(F)F. The maximum absolute atomic E-state index is 13.2. The van der Waals surface area contributed by atoms with Gasteiger partial charge in [-0.25, -0.2) is 4.98 Å². The Bertz CT molecular complexity index is 848. The number of amides is 1. The van der Waals surface area contributed by atoms with Gasteiger partial charge in [0.05, 0.1) is 11.9 Å². The lowest BCUT2D eigenvalue weighted by atomic mass is 10.2. The molecule has 0 saturated carbocycles. The van der Waals surface area contributed by atoms with Gasteiger partial charge in [-0.15, -0.1) is 11.3 Å². The number of carbonyl (C=O) groups excluding carboxylic acids is 1. The Morgan fingerprint density at radius 3 is 2.46 bits per heavy atom. The minimum atomic E-state index is -4.72. The number of pyridine rings is 1. The molecular weight excluding hydrogens is 339 g/mol. The van der Waals surface area contributed by atoms with Crippen molar-refractivity contribution in [2.45, 2.75) is 6.18 Å². The fourth-order valence-corrected chi connectivity index (χ4v) is 2.98. The van der Waals surface area contributed by atoms with Crippen molar-refractivity contribution in [3.63, 3.8) is 0 Å². The minimum Gasteiger partial charge on any atom is -0.320 e. The molecule has 0 bridgehead atoms. The van der Waals surface area contributed by atoms with Crippen molar-refractivity contribution in [2.75, 3.05) is 5.32 Å². The third-order valence-corrected chi connectivity index (χ3v) is 4.15. The molecule has 0 spiro atoms. The van der Waals surface area contributed by atoms with Crippen molar-refractivity contribution in [1.29, 1.82) is 0 Å². The Hall–Kier alpha value is -2.74. The van der Waals surface area contributed by atoms with Crippen LogP contribution >= 0.6 is 11.3 Å². The Labute approximate surface area is 139 Å². The second kappa shape index (κ2) is 6.40. The molecule has 0 aliphatic rings. The standard InChI is InChI=1S/C16H10F3N3OS/c17-16(18,19)13-12(14(23)21-11-7-4-8-20-9-11)24-15(22-13)10-5-2-1-3-6-10/h1-9H,(H,21,23). The van der Waals surface area contributed by atoms with E-state index in [1.807, 2.05) is 0 Å². The van der Waals surface area contributed by atoms with Crippen LogP contribution in [0, 0.1) is 0 Å². The molecule has 122 valence electrons. The molecule has 1 N–H and O–H groups in total. The molecule has 8 heteroatoms. The first-order chi connectivity index (χ1) is 11.4. The van der Waals surface area contributed by atoms with Crippen LogP contribution < -0.4 is 5.32 Å². The van der Waals surface area contributed by atoms with Crippen LogP contribution in [0.15, 0.2) is 54.9 Å². The zero-order valence-electron chi connectivity index (χ0n) is 12.0. The maximum atomic E-state index is 13.2. The van der Waals surface area contributed by atoms with Crippen LogP contribution in [0.3, 0.4) is 0 Å². The fraction of sp³-hybridized carbons (Fsp3) is 0.0625. The Kier molecular flexibility index (Phi) is 4.30. The molecule has 2 heterocycles. The van der Waals surface area contributed by atoms with Gasteiger partial charge in [-0.2, -0.15) is 13.2 Å². The van der Waals surface area contributed by atoms with E-state index in [0.29, 0.717) is 22.6 Å². The lowest BCUT2D eigenvalue weighted by Crippen LogP contribution is -2.17. The first-order valence-electron chi connectivity index (χ1n) is 6.80. The van der Waals surface area contributed by atoms with Crippen molar-refractivity contribution in [2.24, 2.45) is 0 Å². The van der Waals surface area contributed by atoms with Crippen LogP contribution in [-0.4, -0.2) is 15.9 Å². The third-order valence-electron chi connectivity index (χ3n) is 3.04. The van der Waals surface area contributed by atoms with E-state index < -0.39 is 22.7 Å². The highest BCUT2D eigenvalue weighted by Crippen LogP contribution is 2.37. The van der Waals surface area contributed by atoms with Crippen molar-refractivity contribution in [3.05, 3.63) is 65.4 Å². The van der Waals surface area contributed by atoms with Crippen LogP contribution in [0.5, 0.6) is 0 Å². The summed E-state index contributed by atoms with van der Waals surface area (Å²) in [4.78, 5) is 19.2. The van der Waals surface area contributed by atoms with Gasteiger partial charge in [-0.1, -0.05) is 30.3 Å². The lowest BCUT2D eigenvalue weighted by molar-refractivity contribution is -0.140. The fourth-order valence-electron chi connectivity index (χ4n) is 1.99. The summed E-state index contributed by atoms with van der Waals surface area (Å²) in [5, 5.41) is 2.54. The summed E-state index contributed by atoms with van der Waals surface area (Å²) in [5.41, 5.74) is -0.355. The molecule has 3 aromatic rings. The molecule has 0 fully saturated rings. The molecule has 4 nitrogen and oxygen atoms in total. The predicted octanol–water partition coefficient (Wildman–Crippen LogP) is 4.48. The maximum Gasteiger partial charge on any atom is 0.435 e. The normalized spacial score (nSPS) is 11.3. The molecular formula is C16H10F3N3OS. The number of carbonyl (C=O) groups is 1. The number of benzene rings is 1. The van der Waals surface area contributed by atoms with E-state index >= 15 is 0 Å². The average Bonchev–Trinajstić information content (AvgIpc) is 3.02. The monoisotopic (exact) mass is 349 g/mol. The van der Waals surface area contributed by atoms with Crippen LogP contribution in [0.1, 0.15) is 15.4 Å². The molecule has 0 aliphatic carbocycles. The molecule has 2 aromatic heterocycles. The molecule has 0 radical (unpaired) electrons. The molecule has 0 unspecified atom stereocenters. The van der Waals surface area contributed by atoms with Gasteiger partial charge in [0, 0.05) is 11.8 Å². The van der Waals surface area contributed by atoms with Gasteiger partial charge in [0.15, 0.2) is 5.69 Å². The Morgan fingerprint density at radius 1 is 1.08 bits per heavy atom. The molecule has 0 atom stereocenters. The summed E-state index contributed by atoms with van der Waals surface area (Å²) in [6.07, 6.45) is -1.87. The highest BCUT2D eigenvalue weighted by atomic mass is 32.1. The number of thiazole rings is 1. The lowest BCUT2D eigenvalue weighted by Gasteiger charge is -2.06. The van der Waals surface area contributed by atoms with E-state index in [2.05, 4.69) is 15.3 Å². The average molecular weight is 349 g/mol. The van der Waals surface area contributed by atoms with Crippen molar-refractivity contribution >= 4 is 22.9 Å². The van der Waals surface area contributed by atoms with Crippen molar-refractivity contribution in [1.82, 2.24) is 9.97 Å². The molecule has 0 saturated heterocycles. The summed E-state index contributed by atoms with van der Waals surface area (Å²) in [6.45, 7) is 0. The number of nitrogens with zero attached hydrogens (tertiary/aromatic N) is 2. The number of hydrogen-bond acceptors (Lipinski definition) is 4. The van der Waals surface area contributed by atoms with E-state index in [-0.39, 0.29) is 5.01 Å². The minimum absolute atomic E-state index is 0.138. The topological polar surface area (TPSA) is 54.9 Å². The van der Waals surface area contributed by atoms with Gasteiger partial charge >= 0.3 is 6.18 Å². The van der Waals surface area contributed by atoms with Crippen LogP contribution in [0.4, 0.5) is 18.9 Å². The summed E-state index contributed by atoms with van der Waals surface area (Å²) >= 11 is 0.703. The second-order valence-corrected chi connectivity index (χ2v) is 5.76. The van der Waals surface area contributed by atoms with Gasteiger partial charge in [0.2, 0.25) is 0 Å². The van der Waals surface area contributed by atoms with Crippen LogP contribution in [0.2, 0.25) is 0 Å². The molecule has 3 rings (SSSR count). The number of halogens is 3. The van der Waals surface area contributed by atoms with Gasteiger partial charge in [0.25, 0.3) is 5.91 Å². The zero-order chi connectivity index (χ0) is 17.2. The van der Waals surface area contributed by atoms with Gasteiger partial charge < -0.3 is 5.32 Å². The molecule has 1 amide bonds. The summed E-state index contributed by atoms with van der Waals surface area (Å²) < 4.78 is 39.7. The predicted molar refractivity (Wildman–Crippen MR) is 84.7 cm³/mol. The third kappa shape index (κ3) is 3.43. The summed E-state index contributed by atoms with van der Waals surface area (Å²) in [6, 6.07) is 11.5. The Morgan fingerprint density at radius 2 is 1.83 bits per heavy atom. The quantitative estimate of drug-likeness (QED) is 0.759. The number of aromatic nitrogens is 2. The van der Waals surface area contributed by atoms with Crippen LogP contribution in [0.25, 0.3) is 10.6 Å². The van der Waals surface area contributed by atoms with Gasteiger partial charge in [-0.3, -0.25) is 9.78 Å². The number of rotatable bonds is 3. The Balaban J connectivity index is 1.99. The largest absolute Gasteiger partial charge is 0.435 e. The zero-order valence-corrected chi connectivity index (χ0v) is 12.9. The highest BCUT2D eigenvalue weighted by molar-refractivity contribution is 7.17. The van der Waals surface area contributed by atoms with E-state index in [1.165, 1.54) is 18.5 Å². The second-order valence-electron chi connectivity index (χ2n) is 4.76. The number of anilines is 1. The molecule has 24 heavy (non-hydrogen) atoms.